The SMILES string of the molecule is C=C(/C=C/CN(C)C)Nc1ccc(C(=O)Nc2cccc(NC3NC(N[C@H]4CC[C@H](N(C)C)CC4)=Nc4c3ncn4C(C)C)c2)cc1. The zero-order valence-electron chi connectivity index (χ0n) is 28.5. The van der Waals surface area contributed by atoms with E-state index in [2.05, 4.69) is 75.5 Å². The number of carbonyl (C=O) groups is 1. The molecule has 5 rings (SSSR count). The molecule has 5 N–H and O–H groups in total. The van der Waals surface area contributed by atoms with Crippen LogP contribution in [0.15, 0.2) is 84.3 Å². The van der Waals surface area contributed by atoms with Crippen LogP contribution in [0.25, 0.3) is 0 Å². The van der Waals surface area contributed by atoms with Crippen LogP contribution in [0.4, 0.5) is 22.9 Å². The van der Waals surface area contributed by atoms with Gasteiger partial charge in [0, 0.05) is 53.0 Å². The van der Waals surface area contributed by atoms with E-state index in [0.29, 0.717) is 23.3 Å². The predicted octanol–water partition coefficient (Wildman–Crippen LogP) is 5.92. The Morgan fingerprint density at radius 3 is 2.40 bits per heavy atom. The van der Waals surface area contributed by atoms with E-state index in [0.717, 1.165) is 53.9 Å². The predicted molar refractivity (Wildman–Crippen MR) is 193 cm³/mol. The van der Waals surface area contributed by atoms with Gasteiger partial charge in [0.2, 0.25) is 0 Å². The monoisotopic (exact) mass is 638 g/mol. The van der Waals surface area contributed by atoms with Gasteiger partial charge in [-0.25, -0.2) is 4.98 Å². The highest BCUT2D eigenvalue weighted by molar-refractivity contribution is 6.04. The fourth-order valence-corrected chi connectivity index (χ4v) is 5.91. The van der Waals surface area contributed by atoms with Crippen LogP contribution < -0.4 is 26.6 Å². The molecule has 1 aliphatic heterocycles. The lowest BCUT2D eigenvalue weighted by Crippen LogP contribution is -2.49. The smallest absolute Gasteiger partial charge is 0.255 e. The number of nitrogens with one attached hydrogen (secondary N) is 5. The van der Waals surface area contributed by atoms with E-state index in [1.807, 2.05) is 69.0 Å². The van der Waals surface area contributed by atoms with Gasteiger partial charge in [0.1, 0.15) is 11.9 Å². The molecular weight excluding hydrogens is 588 g/mol. The molecule has 2 heterocycles. The summed E-state index contributed by atoms with van der Waals surface area (Å²) in [7, 11) is 8.36. The quantitative estimate of drug-likeness (QED) is 0.155. The van der Waals surface area contributed by atoms with Gasteiger partial charge in [-0.15, -0.1) is 0 Å². The maximum absolute atomic E-state index is 13.1. The van der Waals surface area contributed by atoms with Crippen molar-refractivity contribution in [3.8, 4) is 0 Å². The van der Waals surface area contributed by atoms with E-state index >= 15 is 0 Å². The van der Waals surface area contributed by atoms with Gasteiger partial charge in [-0.1, -0.05) is 18.7 Å². The highest BCUT2D eigenvalue weighted by Gasteiger charge is 2.30. The number of nitrogens with zero attached hydrogens (tertiary/aromatic N) is 5. The Labute approximate surface area is 279 Å². The highest BCUT2D eigenvalue weighted by Crippen LogP contribution is 2.32. The lowest BCUT2D eigenvalue weighted by atomic mass is 9.90. The second kappa shape index (κ2) is 15.3. The van der Waals surface area contributed by atoms with Crippen molar-refractivity contribution < 1.29 is 4.79 Å². The van der Waals surface area contributed by atoms with Crippen LogP contribution in [0.2, 0.25) is 0 Å². The van der Waals surface area contributed by atoms with Crippen molar-refractivity contribution >= 4 is 34.7 Å². The topological polar surface area (TPSA) is 114 Å². The number of hydrogen-bond acceptors (Lipinski definition) is 9. The number of guanidine groups is 1. The van der Waals surface area contributed by atoms with E-state index in [1.54, 1.807) is 12.1 Å². The van der Waals surface area contributed by atoms with E-state index < -0.39 is 0 Å². The summed E-state index contributed by atoms with van der Waals surface area (Å²) in [6, 6.07) is 16.3. The molecule has 47 heavy (non-hydrogen) atoms. The lowest BCUT2D eigenvalue weighted by molar-refractivity contribution is 0.102. The average Bonchev–Trinajstić information content (AvgIpc) is 3.46. The second-order valence-corrected chi connectivity index (χ2v) is 13.2. The number of benzene rings is 2. The molecule has 2 aliphatic rings. The van der Waals surface area contributed by atoms with Gasteiger partial charge in [0.05, 0.1) is 6.33 Å². The standard InChI is InChI=1S/C36H50N10O/c1-24(2)46-23-37-32-33(42-36(43-34(32)46)41-28-17-19-31(20-18-28)45(6)7)39-29-11-8-12-30(22-29)40-35(47)26-13-15-27(16-14-26)38-25(3)10-9-21-44(4)5/h8-16,22-24,28,31,33,38-39H,3,17-21H2,1-2,4-7H3,(H,40,47)(H2,41,42,43)/b10-9+/t28-,31-,33?. The molecule has 0 spiro atoms. The van der Waals surface area contributed by atoms with Crippen LogP contribution in [0.1, 0.15) is 67.8 Å². The molecule has 3 aromatic rings. The number of allylic oxidation sites excluding steroid dienone is 1. The molecule has 11 heteroatoms. The Morgan fingerprint density at radius 1 is 1.00 bits per heavy atom. The first-order chi connectivity index (χ1) is 22.5. The Bertz CT molecular complexity index is 1580. The molecule has 1 amide bonds. The van der Waals surface area contributed by atoms with Crippen LogP contribution in [-0.2, 0) is 0 Å². The number of rotatable bonds is 12. The number of anilines is 3. The fraction of sp³-hybridized carbons (Fsp3) is 0.417. The molecule has 1 aromatic heterocycles. The maximum Gasteiger partial charge on any atom is 0.255 e. The van der Waals surface area contributed by atoms with Crippen molar-refractivity contribution in [1.29, 1.82) is 0 Å². The van der Waals surface area contributed by atoms with Gasteiger partial charge in [-0.2, -0.15) is 4.99 Å². The van der Waals surface area contributed by atoms with Gasteiger partial charge in [-0.3, -0.25) is 4.79 Å². The third-order valence-electron chi connectivity index (χ3n) is 8.56. The number of hydrogen-bond donors (Lipinski definition) is 5. The van der Waals surface area contributed by atoms with Gasteiger partial charge >= 0.3 is 0 Å². The van der Waals surface area contributed by atoms with E-state index in [1.165, 1.54) is 12.8 Å². The van der Waals surface area contributed by atoms with Crippen LogP contribution in [0.3, 0.4) is 0 Å². The van der Waals surface area contributed by atoms with Crippen LogP contribution in [0, 0.1) is 0 Å². The lowest BCUT2D eigenvalue weighted by Gasteiger charge is -2.35. The van der Waals surface area contributed by atoms with E-state index in [9.17, 15) is 4.79 Å². The molecule has 250 valence electrons. The number of amides is 1. The number of aliphatic imine (C=N–C) groups is 1. The normalized spacial score (nSPS) is 19.3. The minimum absolute atomic E-state index is 0.185. The fourth-order valence-electron chi connectivity index (χ4n) is 5.91. The molecule has 0 saturated heterocycles. The summed E-state index contributed by atoms with van der Waals surface area (Å²) >= 11 is 0. The molecule has 0 bridgehead atoms. The summed E-state index contributed by atoms with van der Waals surface area (Å²) in [4.78, 5) is 27.3. The average molecular weight is 639 g/mol. The molecule has 1 unspecified atom stereocenters. The Balaban J connectivity index is 1.23. The summed E-state index contributed by atoms with van der Waals surface area (Å²) in [6.45, 7) is 9.15. The number of carbonyl (C=O) groups excluding carboxylic acids is 1. The summed E-state index contributed by atoms with van der Waals surface area (Å²) in [6.07, 6.45) is 10.1. The Hall–Kier alpha value is -4.61. The molecule has 1 aliphatic carbocycles. The summed E-state index contributed by atoms with van der Waals surface area (Å²) in [5, 5.41) is 17.1. The number of aromatic nitrogens is 2. The van der Waals surface area contributed by atoms with E-state index in [-0.39, 0.29) is 18.1 Å². The van der Waals surface area contributed by atoms with Gasteiger partial charge in [0.25, 0.3) is 5.91 Å². The third kappa shape index (κ3) is 9.02. The Morgan fingerprint density at radius 2 is 1.72 bits per heavy atom. The minimum Gasteiger partial charge on any atom is -0.360 e. The molecule has 11 nitrogen and oxygen atoms in total. The van der Waals surface area contributed by atoms with Crippen molar-refractivity contribution in [3.05, 3.63) is 90.5 Å². The molecular formula is C36H50N10O. The number of imidazole rings is 1. The van der Waals surface area contributed by atoms with E-state index in [4.69, 9.17) is 9.98 Å². The van der Waals surface area contributed by atoms with Gasteiger partial charge < -0.3 is 41.0 Å². The van der Waals surface area contributed by atoms with Crippen molar-refractivity contribution in [2.45, 2.75) is 63.8 Å². The molecule has 0 radical (unpaired) electrons. The third-order valence-corrected chi connectivity index (χ3v) is 8.56. The maximum atomic E-state index is 13.1. The van der Waals surface area contributed by atoms with Gasteiger partial charge in [0.15, 0.2) is 11.8 Å². The van der Waals surface area contributed by atoms with Gasteiger partial charge in [-0.05, 0) is 116 Å². The summed E-state index contributed by atoms with van der Waals surface area (Å²) < 4.78 is 2.10. The van der Waals surface area contributed by atoms with Crippen LogP contribution >= 0.6 is 0 Å². The summed E-state index contributed by atoms with van der Waals surface area (Å²) in [5.74, 6) is 1.41. The largest absolute Gasteiger partial charge is 0.360 e. The number of likely N-dealkylation sites (N-methyl/N-ethyl adjacent to an activating group) is 1. The van der Waals surface area contributed by atoms with Crippen molar-refractivity contribution in [1.82, 2.24) is 30.0 Å². The zero-order chi connectivity index (χ0) is 33.5. The molecule has 1 saturated carbocycles. The molecule has 1 fully saturated rings. The first kappa shape index (κ1) is 33.7. The zero-order valence-corrected chi connectivity index (χ0v) is 28.5. The molecule has 1 atom stereocenters. The number of fused-ring (bicyclic) bond motifs is 1. The van der Waals surface area contributed by atoms with Crippen molar-refractivity contribution in [2.75, 3.05) is 50.7 Å². The Kier molecular flexibility index (Phi) is 11.0. The van der Waals surface area contributed by atoms with Crippen LogP contribution in [0.5, 0.6) is 0 Å². The second-order valence-electron chi connectivity index (χ2n) is 13.2. The van der Waals surface area contributed by atoms with Crippen molar-refractivity contribution in [3.63, 3.8) is 0 Å². The minimum atomic E-state index is -0.304. The summed E-state index contributed by atoms with van der Waals surface area (Å²) in [5.41, 5.74) is 4.58. The van der Waals surface area contributed by atoms with Crippen molar-refractivity contribution in [2.24, 2.45) is 4.99 Å². The first-order valence-electron chi connectivity index (χ1n) is 16.5. The highest BCUT2D eigenvalue weighted by atomic mass is 16.1. The first-order valence-corrected chi connectivity index (χ1v) is 16.5. The van der Waals surface area contributed by atoms with Crippen LogP contribution in [-0.4, -0.2) is 78.0 Å². The molecule has 2 aromatic carbocycles.